The van der Waals surface area contributed by atoms with Gasteiger partial charge in [-0.2, -0.15) is 4.31 Å². The minimum absolute atomic E-state index is 0.131. The number of piperazine rings is 1. The number of fused-ring (bicyclic) bond motifs is 1. The molecule has 3 aromatic rings. The lowest BCUT2D eigenvalue weighted by Gasteiger charge is -2.34. The van der Waals surface area contributed by atoms with Crippen LogP contribution in [0.15, 0.2) is 71.6 Å². The highest BCUT2D eigenvalue weighted by molar-refractivity contribution is 7.89. The predicted octanol–water partition coefficient (Wildman–Crippen LogP) is 3.13. The summed E-state index contributed by atoms with van der Waals surface area (Å²) in [6.07, 6.45) is 0. The fraction of sp³-hybridized carbons (Fsp3) is 0.190. The maximum absolute atomic E-state index is 13.9. The van der Waals surface area contributed by atoms with E-state index in [9.17, 15) is 17.6 Å². The Morgan fingerprint density at radius 1 is 0.821 bits per heavy atom. The molecule has 0 bridgehead atoms. The van der Waals surface area contributed by atoms with Gasteiger partial charge in [0, 0.05) is 31.7 Å². The van der Waals surface area contributed by atoms with Gasteiger partial charge in [-0.3, -0.25) is 4.79 Å². The number of carbonyl (C=O) groups is 1. The van der Waals surface area contributed by atoms with Crippen LogP contribution in [0.3, 0.4) is 0 Å². The Morgan fingerprint density at radius 2 is 1.46 bits per heavy atom. The summed E-state index contributed by atoms with van der Waals surface area (Å²) in [5, 5.41) is 2.04. The van der Waals surface area contributed by atoms with E-state index in [0.717, 1.165) is 16.8 Å². The summed E-state index contributed by atoms with van der Waals surface area (Å²) in [5.74, 6) is -0.897. The molecule has 1 aliphatic heterocycles. The molecular weight excluding hydrogens is 379 g/mol. The molecule has 0 aliphatic carbocycles. The fourth-order valence-corrected chi connectivity index (χ4v) is 4.92. The summed E-state index contributed by atoms with van der Waals surface area (Å²) in [4.78, 5) is 14.1. The fourth-order valence-electron chi connectivity index (χ4n) is 3.43. The lowest BCUT2D eigenvalue weighted by atomic mass is 10.1. The number of hydrogen-bond donors (Lipinski definition) is 0. The van der Waals surface area contributed by atoms with Crippen LogP contribution < -0.4 is 0 Å². The normalized spacial score (nSPS) is 15.7. The minimum Gasteiger partial charge on any atom is -0.336 e. The van der Waals surface area contributed by atoms with Crippen LogP contribution in [0.25, 0.3) is 10.8 Å². The molecule has 7 heteroatoms. The summed E-state index contributed by atoms with van der Waals surface area (Å²) in [6, 6.07) is 18.7. The lowest BCUT2D eigenvalue weighted by Crippen LogP contribution is -2.50. The molecule has 3 aromatic carbocycles. The number of halogens is 1. The average molecular weight is 398 g/mol. The Hall–Kier alpha value is -2.77. The van der Waals surface area contributed by atoms with Crippen LogP contribution in [0.1, 0.15) is 10.4 Å². The highest BCUT2D eigenvalue weighted by Gasteiger charge is 2.32. The van der Waals surface area contributed by atoms with Gasteiger partial charge in [0.1, 0.15) is 10.7 Å². The Kier molecular flexibility index (Phi) is 4.87. The molecular formula is C21H19FN2O3S. The van der Waals surface area contributed by atoms with Gasteiger partial charge in [-0.1, -0.05) is 42.5 Å². The summed E-state index contributed by atoms with van der Waals surface area (Å²) in [7, 11) is -3.91. The van der Waals surface area contributed by atoms with Crippen molar-refractivity contribution in [3.63, 3.8) is 0 Å². The average Bonchev–Trinajstić information content (AvgIpc) is 2.73. The Labute approximate surface area is 163 Å². The third kappa shape index (κ3) is 3.39. The van der Waals surface area contributed by atoms with Crippen molar-refractivity contribution < 1.29 is 17.6 Å². The van der Waals surface area contributed by atoms with E-state index in [4.69, 9.17) is 0 Å². The zero-order valence-corrected chi connectivity index (χ0v) is 15.9. The van der Waals surface area contributed by atoms with Crippen LogP contribution in [-0.4, -0.2) is 49.7 Å². The first-order valence-electron chi connectivity index (χ1n) is 8.99. The molecule has 5 nitrogen and oxygen atoms in total. The highest BCUT2D eigenvalue weighted by atomic mass is 32.2. The van der Waals surface area contributed by atoms with E-state index in [1.807, 2.05) is 36.4 Å². The van der Waals surface area contributed by atoms with Crippen LogP contribution in [0.5, 0.6) is 0 Å². The third-order valence-corrected chi connectivity index (χ3v) is 6.91. The molecule has 144 valence electrons. The topological polar surface area (TPSA) is 57.7 Å². The zero-order valence-electron chi connectivity index (χ0n) is 15.1. The van der Waals surface area contributed by atoms with Gasteiger partial charge in [-0.05, 0) is 35.0 Å². The van der Waals surface area contributed by atoms with E-state index in [0.29, 0.717) is 5.56 Å². The molecule has 0 saturated carbocycles. The second-order valence-electron chi connectivity index (χ2n) is 6.69. The first-order chi connectivity index (χ1) is 13.5. The van der Waals surface area contributed by atoms with Crippen LogP contribution in [0.4, 0.5) is 4.39 Å². The van der Waals surface area contributed by atoms with Crippen molar-refractivity contribution in [1.82, 2.24) is 9.21 Å². The van der Waals surface area contributed by atoms with Crippen LogP contribution >= 0.6 is 0 Å². The van der Waals surface area contributed by atoms with E-state index in [1.165, 1.54) is 22.5 Å². The van der Waals surface area contributed by atoms with Crippen molar-refractivity contribution in [2.75, 3.05) is 26.2 Å². The van der Waals surface area contributed by atoms with Gasteiger partial charge in [0.05, 0.1) is 0 Å². The van der Waals surface area contributed by atoms with Gasteiger partial charge in [0.15, 0.2) is 0 Å². The number of rotatable bonds is 3. The number of amides is 1. The second-order valence-corrected chi connectivity index (χ2v) is 8.59. The molecule has 1 saturated heterocycles. The molecule has 1 aliphatic rings. The van der Waals surface area contributed by atoms with Crippen molar-refractivity contribution in [1.29, 1.82) is 0 Å². The van der Waals surface area contributed by atoms with E-state index in [1.54, 1.807) is 11.0 Å². The van der Waals surface area contributed by atoms with Crippen LogP contribution in [-0.2, 0) is 10.0 Å². The van der Waals surface area contributed by atoms with E-state index in [-0.39, 0.29) is 37.0 Å². The monoisotopic (exact) mass is 398 g/mol. The van der Waals surface area contributed by atoms with Gasteiger partial charge >= 0.3 is 0 Å². The third-order valence-electron chi connectivity index (χ3n) is 4.98. The summed E-state index contributed by atoms with van der Waals surface area (Å²) < 4.78 is 40.5. The second kappa shape index (κ2) is 7.33. The largest absolute Gasteiger partial charge is 0.336 e. The van der Waals surface area contributed by atoms with Gasteiger partial charge < -0.3 is 4.90 Å². The Bertz CT molecular complexity index is 1140. The Balaban J connectivity index is 1.49. The molecule has 28 heavy (non-hydrogen) atoms. The Morgan fingerprint density at radius 3 is 2.18 bits per heavy atom. The van der Waals surface area contributed by atoms with Gasteiger partial charge in [0.25, 0.3) is 5.91 Å². The molecule has 0 spiro atoms. The number of carbonyl (C=O) groups excluding carboxylic acids is 1. The smallest absolute Gasteiger partial charge is 0.253 e. The van der Waals surface area contributed by atoms with Crippen LogP contribution in [0.2, 0.25) is 0 Å². The quantitative estimate of drug-likeness (QED) is 0.681. The van der Waals surface area contributed by atoms with E-state index >= 15 is 0 Å². The maximum atomic E-state index is 13.9. The molecule has 0 unspecified atom stereocenters. The molecule has 0 radical (unpaired) electrons. The number of sulfonamides is 1. The van der Waals surface area contributed by atoms with Crippen LogP contribution in [0, 0.1) is 5.82 Å². The maximum Gasteiger partial charge on any atom is 0.253 e. The number of benzene rings is 3. The van der Waals surface area contributed by atoms with E-state index < -0.39 is 15.8 Å². The van der Waals surface area contributed by atoms with Crippen molar-refractivity contribution in [2.45, 2.75) is 4.90 Å². The van der Waals surface area contributed by atoms with Gasteiger partial charge in [-0.15, -0.1) is 0 Å². The van der Waals surface area contributed by atoms with Gasteiger partial charge in [-0.25, -0.2) is 12.8 Å². The summed E-state index contributed by atoms with van der Waals surface area (Å²) in [5.41, 5.74) is 0.573. The molecule has 0 atom stereocenters. The molecule has 4 rings (SSSR count). The first-order valence-corrected chi connectivity index (χ1v) is 10.4. The molecule has 1 fully saturated rings. The summed E-state index contributed by atoms with van der Waals surface area (Å²) >= 11 is 0. The van der Waals surface area contributed by atoms with Crippen molar-refractivity contribution in [3.05, 3.63) is 78.1 Å². The first kappa shape index (κ1) is 18.6. The molecule has 1 heterocycles. The highest BCUT2D eigenvalue weighted by Crippen LogP contribution is 2.22. The number of nitrogens with zero attached hydrogens (tertiary/aromatic N) is 2. The molecule has 1 amide bonds. The standard InChI is InChI=1S/C21H19FN2O3S/c22-19-7-3-4-8-20(19)28(26,27)24-13-11-23(12-14-24)21(25)18-10-9-16-5-1-2-6-17(16)15-18/h1-10,15H,11-14H2. The summed E-state index contributed by atoms with van der Waals surface area (Å²) in [6.45, 7) is 0.796. The molecule has 0 N–H and O–H groups in total. The SMILES string of the molecule is O=C(c1ccc2ccccc2c1)N1CCN(S(=O)(=O)c2ccccc2F)CC1. The van der Waals surface area contributed by atoms with Gasteiger partial charge in [0.2, 0.25) is 10.0 Å². The van der Waals surface area contributed by atoms with E-state index in [2.05, 4.69) is 0 Å². The van der Waals surface area contributed by atoms with Crippen molar-refractivity contribution >= 4 is 26.7 Å². The number of hydrogen-bond acceptors (Lipinski definition) is 3. The molecule has 0 aromatic heterocycles. The lowest BCUT2D eigenvalue weighted by molar-refractivity contribution is 0.0698. The minimum atomic E-state index is -3.91. The van der Waals surface area contributed by atoms with Crippen molar-refractivity contribution in [3.8, 4) is 0 Å². The van der Waals surface area contributed by atoms with Crippen molar-refractivity contribution in [2.24, 2.45) is 0 Å². The zero-order chi connectivity index (χ0) is 19.7. The predicted molar refractivity (Wildman–Crippen MR) is 105 cm³/mol.